The first-order valence-corrected chi connectivity index (χ1v) is 7.20. The molecule has 0 aromatic carbocycles. The number of ether oxygens (including phenoxy) is 1. The molecule has 1 N–H and O–H groups in total. The average Bonchev–Trinajstić information content (AvgIpc) is 3.09. The van der Waals surface area contributed by atoms with Gasteiger partial charge >= 0.3 is 0 Å². The highest BCUT2D eigenvalue weighted by atomic mass is 16.5. The van der Waals surface area contributed by atoms with E-state index in [-0.39, 0.29) is 24.1 Å². The summed E-state index contributed by atoms with van der Waals surface area (Å²) in [6.45, 7) is 2.42. The van der Waals surface area contributed by atoms with Gasteiger partial charge in [-0.3, -0.25) is 14.4 Å². The summed E-state index contributed by atoms with van der Waals surface area (Å²) in [5.41, 5.74) is 2.90. The first-order valence-electron chi connectivity index (χ1n) is 7.20. The third-order valence-corrected chi connectivity index (χ3v) is 3.39. The normalized spacial score (nSPS) is 10.6. The Morgan fingerprint density at radius 1 is 1.40 bits per heavy atom. The van der Waals surface area contributed by atoms with Gasteiger partial charge in [-0.1, -0.05) is 0 Å². The Morgan fingerprint density at radius 2 is 2.24 bits per heavy atom. The number of rotatable bonds is 6. The summed E-state index contributed by atoms with van der Waals surface area (Å²) >= 11 is 0. The summed E-state index contributed by atoms with van der Waals surface area (Å²) in [5.74, 6) is -0.676. The first-order chi connectivity index (χ1) is 12.1. The summed E-state index contributed by atoms with van der Waals surface area (Å²) in [4.78, 5) is 40.7. The lowest BCUT2D eigenvalue weighted by molar-refractivity contribution is -0.128. The monoisotopic (exact) mass is 343 g/mol. The number of hydrogen-bond acceptors (Lipinski definition) is 8. The van der Waals surface area contributed by atoms with Crippen LogP contribution in [0.15, 0.2) is 29.5 Å². The van der Waals surface area contributed by atoms with Crippen LogP contribution in [0.5, 0.6) is 0 Å². The third-order valence-electron chi connectivity index (χ3n) is 3.39. The van der Waals surface area contributed by atoms with E-state index in [0.717, 1.165) is 4.79 Å². The maximum atomic E-state index is 12.6. The maximum absolute atomic E-state index is 12.6. The molecular weight excluding hydrogens is 330 g/mol. The van der Waals surface area contributed by atoms with E-state index in [1.54, 1.807) is 23.6 Å². The van der Waals surface area contributed by atoms with Gasteiger partial charge in [0, 0.05) is 11.9 Å². The lowest BCUT2D eigenvalue weighted by Gasteiger charge is -2.12. The molecule has 0 bridgehead atoms. The van der Waals surface area contributed by atoms with Crippen molar-refractivity contribution in [2.45, 2.75) is 13.5 Å². The van der Waals surface area contributed by atoms with Crippen molar-refractivity contribution in [1.29, 1.82) is 0 Å². The topological polar surface area (TPSA) is 134 Å². The summed E-state index contributed by atoms with van der Waals surface area (Å²) in [6, 6.07) is 3.28. The van der Waals surface area contributed by atoms with Crippen LogP contribution in [0.4, 0.5) is 0 Å². The van der Waals surface area contributed by atoms with E-state index in [1.807, 2.05) is 0 Å². The van der Waals surface area contributed by atoms with Crippen molar-refractivity contribution >= 4 is 23.4 Å². The highest BCUT2D eigenvalue weighted by Crippen LogP contribution is 2.11. The lowest BCUT2D eigenvalue weighted by Crippen LogP contribution is -2.30. The fourth-order valence-corrected chi connectivity index (χ4v) is 2.27. The number of tetrazole rings is 1. The number of carbonyl (C=O) groups excluding carboxylic acids is 2. The number of hydrogen-bond donors (Lipinski definition) is 1. The molecule has 0 unspecified atom stereocenters. The fourth-order valence-electron chi connectivity index (χ4n) is 2.27. The molecule has 3 heterocycles. The predicted molar refractivity (Wildman–Crippen MR) is 84.3 cm³/mol. The molecule has 1 amide bonds. The van der Waals surface area contributed by atoms with Crippen LogP contribution in [0, 0.1) is 6.92 Å². The molecule has 25 heavy (non-hydrogen) atoms. The SMILES string of the molecule is Cc1ccc2c(=O)c(C(=O)Nn3cnnn3)cn(CCOC=O)c2n1. The number of aromatic nitrogens is 6. The van der Waals surface area contributed by atoms with Crippen molar-refractivity contribution in [2.75, 3.05) is 12.0 Å². The molecule has 3 aromatic rings. The Morgan fingerprint density at radius 3 is 2.96 bits per heavy atom. The van der Waals surface area contributed by atoms with Crippen LogP contribution in [0.25, 0.3) is 11.0 Å². The Balaban J connectivity index is 2.07. The van der Waals surface area contributed by atoms with Gasteiger partial charge in [0.2, 0.25) is 5.43 Å². The molecule has 11 heteroatoms. The van der Waals surface area contributed by atoms with E-state index in [4.69, 9.17) is 4.74 Å². The van der Waals surface area contributed by atoms with Gasteiger partial charge in [-0.25, -0.2) is 10.4 Å². The van der Waals surface area contributed by atoms with Gasteiger partial charge in [-0.15, -0.1) is 9.89 Å². The second kappa shape index (κ2) is 6.86. The summed E-state index contributed by atoms with van der Waals surface area (Å²) in [6.07, 6.45) is 2.55. The van der Waals surface area contributed by atoms with Gasteiger partial charge in [0.05, 0.1) is 11.9 Å². The Hall–Kier alpha value is -3.63. The highest BCUT2D eigenvalue weighted by molar-refractivity contribution is 6.01. The molecule has 0 aliphatic rings. The minimum Gasteiger partial charge on any atom is -0.466 e. The van der Waals surface area contributed by atoms with E-state index < -0.39 is 11.3 Å². The average molecular weight is 343 g/mol. The van der Waals surface area contributed by atoms with Crippen molar-refractivity contribution in [3.63, 3.8) is 0 Å². The van der Waals surface area contributed by atoms with Crippen molar-refractivity contribution in [2.24, 2.45) is 0 Å². The largest absolute Gasteiger partial charge is 0.466 e. The molecule has 0 fully saturated rings. The molecule has 0 saturated carbocycles. The Labute approximate surface area is 140 Å². The van der Waals surface area contributed by atoms with Crippen LogP contribution in [-0.2, 0) is 16.1 Å². The van der Waals surface area contributed by atoms with Crippen molar-refractivity contribution in [3.05, 3.63) is 46.1 Å². The van der Waals surface area contributed by atoms with Gasteiger partial charge in [0.15, 0.2) is 6.33 Å². The predicted octanol–water partition coefficient (Wildman–Crippen LogP) is -0.752. The zero-order valence-corrected chi connectivity index (χ0v) is 13.1. The number of nitrogens with one attached hydrogen (secondary N) is 1. The summed E-state index contributed by atoms with van der Waals surface area (Å²) < 4.78 is 6.28. The molecule has 0 radical (unpaired) electrons. The van der Waals surface area contributed by atoms with Crippen molar-refractivity contribution in [3.8, 4) is 0 Å². The van der Waals surface area contributed by atoms with E-state index in [2.05, 4.69) is 25.9 Å². The van der Waals surface area contributed by atoms with Gasteiger partial charge in [-0.2, -0.15) is 0 Å². The van der Waals surface area contributed by atoms with E-state index in [0.29, 0.717) is 17.8 Å². The van der Waals surface area contributed by atoms with Crippen molar-refractivity contribution < 1.29 is 14.3 Å². The number of carbonyl (C=O) groups is 2. The Bertz CT molecular complexity index is 981. The Kier molecular flexibility index (Phi) is 4.46. The van der Waals surface area contributed by atoms with Gasteiger partial charge in [0.1, 0.15) is 17.8 Å². The minimum atomic E-state index is -0.676. The van der Waals surface area contributed by atoms with Crippen LogP contribution in [0.1, 0.15) is 16.1 Å². The number of amides is 1. The van der Waals surface area contributed by atoms with Crippen LogP contribution in [0.2, 0.25) is 0 Å². The number of nitrogens with zero attached hydrogens (tertiary/aromatic N) is 6. The summed E-state index contributed by atoms with van der Waals surface area (Å²) in [7, 11) is 0. The third kappa shape index (κ3) is 3.34. The molecule has 0 atom stereocenters. The van der Waals surface area contributed by atoms with E-state index in [9.17, 15) is 14.4 Å². The molecule has 0 spiro atoms. The molecule has 11 nitrogen and oxygen atoms in total. The van der Waals surface area contributed by atoms with Crippen LogP contribution < -0.4 is 10.9 Å². The molecule has 0 aliphatic heterocycles. The van der Waals surface area contributed by atoms with Crippen LogP contribution in [0.3, 0.4) is 0 Å². The van der Waals surface area contributed by atoms with Gasteiger partial charge in [-0.05, 0) is 29.5 Å². The summed E-state index contributed by atoms with van der Waals surface area (Å²) in [5, 5.41) is 10.6. The number of aryl methyl sites for hydroxylation is 1. The molecule has 3 rings (SSSR count). The van der Waals surface area contributed by atoms with Crippen molar-refractivity contribution in [1.82, 2.24) is 29.9 Å². The number of pyridine rings is 2. The zero-order valence-electron chi connectivity index (χ0n) is 13.1. The van der Waals surface area contributed by atoms with E-state index in [1.165, 1.54) is 12.5 Å². The first kappa shape index (κ1) is 16.2. The molecule has 0 saturated heterocycles. The maximum Gasteiger partial charge on any atom is 0.293 e. The number of fused-ring (bicyclic) bond motifs is 1. The standard InChI is InChI=1S/C14H13N7O4/c1-9-2-3-10-12(23)11(14(24)17-21-7-15-18-19-21)6-20(13(10)16-9)4-5-25-8-22/h2-3,6-8H,4-5H2,1H3,(H,17,24). The van der Waals surface area contributed by atoms with Crippen LogP contribution >= 0.6 is 0 Å². The molecule has 128 valence electrons. The highest BCUT2D eigenvalue weighted by Gasteiger charge is 2.17. The van der Waals surface area contributed by atoms with Crippen LogP contribution in [-0.4, -0.2) is 48.9 Å². The second-order valence-electron chi connectivity index (χ2n) is 5.05. The zero-order chi connectivity index (χ0) is 17.8. The molecule has 0 aliphatic carbocycles. The quantitative estimate of drug-likeness (QED) is 0.456. The lowest BCUT2D eigenvalue weighted by atomic mass is 10.1. The minimum absolute atomic E-state index is 0.0746. The van der Waals surface area contributed by atoms with Gasteiger partial charge < -0.3 is 9.30 Å². The van der Waals surface area contributed by atoms with Gasteiger partial charge in [0.25, 0.3) is 12.4 Å². The fraction of sp³-hybridized carbons (Fsp3) is 0.214. The van der Waals surface area contributed by atoms with E-state index >= 15 is 0 Å². The second-order valence-corrected chi connectivity index (χ2v) is 5.05. The molecule has 3 aromatic heterocycles. The smallest absolute Gasteiger partial charge is 0.293 e. The molecular formula is C14H13N7O4.